The van der Waals surface area contributed by atoms with Crippen LogP contribution in [0.1, 0.15) is 12.5 Å². The zero-order valence-corrected chi connectivity index (χ0v) is 12.0. The molecule has 0 aliphatic carbocycles. The SMILES string of the molecule is CCn1c(N=Cc2ccccc2[N+](=O)[O-])nc2ccccc21. The molecule has 0 atom stereocenters. The largest absolute Gasteiger partial charge is 0.309 e. The predicted octanol–water partition coefficient (Wildman–Crippen LogP) is 3.72. The molecule has 110 valence electrons. The molecule has 0 N–H and O–H groups in total. The number of aromatic nitrogens is 2. The first kappa shape index (κ1) is 13.9. The van der Waals surface area contributed by atoms with Gasteiger partial charge in [0.2, 0.25) is 5.95 Å². The fourth-order valence-electron chi connectivity index (χ4n) is 2.36. The van der Waals surface area contributed by atoms with E-state index in [1.54, 1.807) is 18.2 Å². The zero-order valence-electron chi connectivity index (χ0n) is 12.0. The third kappa shape index (κ3) is 2.46. The Morgan fingerprint density at radius 2 is 1.95 bits per heavy atom. The number of nitro groups is 1. The van der Waals surface area contributed by atoms with E-state index in [2.05, 4.69) is 9.98 Å². The second kappa shape index (κ2) is 5.77. The van der Waals surface area contributed by atoms with Crippen LogP contribution in [0, 0.1) is 10.1 Å². The van der Waals surface area contributed by atoms with E-state index in [0.29, 0.717) is 11.5 Å². The Hall–Kier alpha value is -3.02. The summed E-state index contributed by atoms with van der Waals surface area (Å²) < 4.78 is 1.97. The van der Waals surface area contributed by atoms with E-state index in [0.717, 1.165) is 17.6 Å². The second-order valence-electron chi connectivity index (χ2n) is 4.72. The van der Waals surface area contributed by atoms with E-state index in [4.69, 9.17) is 0 Å². The Kier molecular flexibility index (Phi) is 3.65. The van der Waals surface area contributed by atoms with Gasteiger partial charge in [0.05, 0.1) is 21.5 Å². The average Bonchev–Trinajstić information content (AvgIpc) is 2.90. The molecule has 2 aromatic carbocycles. The van der Waals surface area contributed by atoms with Gasteiger partial charge in [0.1, 0.15) is 0 Å². The Morgan fingerprint density at radius 3 is 2.73 bits per heavy atom. The van der Waals surface area contributed by atoms with Crippen LogP contribution in [0.3, 0.4) is 0 Å². The molecule has 0 spiro atoms. The molecule has 0 aliphatic heterocycles. The molecule has 22 heavy (non-hydrogen) atoms. The van der Waals surface area contributed by atoms with Gasteiger partial charge < -0.3 is 4.57 Å². The summed E-state index contributed by atoms with van der Waals surface area (Å²) in [5.41, 5.74) is 2.35. The lowest BCUT2D eigenvalue weighted by atomic mass is 10.2. The second-order valence-corrected chi connectivity index (χ2v) is 4.72. The molecular weight excluding hydrogens is 280 g/mol. The van der Waals surface area contributed by atoms with Crippen molar-refractivity contribution in [3.8, 4) is 0 Å². The lowest BCUT2D eigenvalue weighted by molar-refractivity contribution is -0.385. The predicted molar refractivity (Wildman–Crippen MR) is 85.8 cm³/mol. The highest BCUT2D eigenvalue weighted by atomic mass is 16.6. The van der Waals surface area contributed by atoms with Gasteiger partial charge in [-0.25, -0.2) is 9.98 Å². The molecule has 6 heteroatoms. The van der Waals surface area contributed by atoms with Crippen LogP contribution in [0.25, 0.3) is 11.0 Å². The first-order valence-electron chi connectivity index (χ1n) is 6.93. The molecular formula is C16H14N4O2. The summed E-state index contributed by atoms with van der Waals surface area (Å²) in [6, 6.07) is 14.3. The van der Waals surface area contributed by atoms with E-state index >= 15 is 0 Å². The first-order valence-corrected chi connectivity index (χ1v) is 6.93. The van der Waals surface area contributed by atoms with Crippen LogP contribution in [0.4, 0.5) is 11.6 Å². The Labute approximate surface area is 126 Å². The summed E-state index contributed by atoms with van der Waals surface area (Å²) in [7, 11) is 0. The molecule has 1 heterocycles. The summed E-state index contributed by atoms with van der Waals surface area (Å²) in [6.07, 6.45) is 1.49. The van der Waals surface area contributed by atoms with Crippen molar-refractivity contribution in [1.82, 2.24) is 9.55 Å². The van der Waals surface area contributed by atoms with Crippen molar-refractivity contribution in [2.45, 2.75) is 13.5 Å². The van der Waals surface area contributed by atoms with E-state index < -0.39 is 4.92 Å². The van der Waals surface area contributed by atoms with Crippen molar-refractivity contribution in [2.75, 3.05) is 0 Å². The van der Waals surface area contributed by atoms with Gasteiger partial charge in [0.15, 0.2) is 0 Å². The minimum Gasteiger partial charge on any atom is -0.309 e. The summed E-state index contributed by atoms with van der Waals surface area (Å²) in [4.78, 5) is 19.4. The standard InChI is InChI=1S/C16H14N4O2/c1-2-19-15-10-6-4-8-13(15)18-16(19)17-11-12-7-3-5-9-14(12)20(21)22/h3-11H,2H2,1H3. The number of nitrogens with zero attached hydrogens (tertiary/aromatic N) is 4. The Balaban J connectivity index is 2.05. The van der Waals surface area contributed by atoms with Crippen LogP contribution in [-0.2, 0) is 6.54 Å². The van der Waals surface area contributed by atoms with E-state index in [-0.39, 0.29) is 5.69 Å². The van der Waals surface area contributed by atoms with Crippen molar-refractivity contribution in [2.24, 2.45) is 4.99 Å². The summed E-state index contributed by atoms with van der Waals surface area (Å²) >= 11 is 0. The van der Waals surface area contributed by atoms with E-state index in [1.165, 1.54) is 12.3 Å². The Morgan fingerprint density at radius 1 is 1.23 bits per heavy atom. The van der Waals surface area contributed by atoms with Crippen LogP contribution in [0.5, 0.6) is 0 Å². The van der Waals surface area contributed by atoms with Gasteiger partial charge in [0.25, 0.3) is 5.69 Å². The molecule has 6 nitrogen and oxygen atoms in total. The molecule has 0 aliphatic rings. The number of benzene rings is 2. The van der Waals surface area contributed by atoms with Gasteiger partial charge in [-0.3, -0.25) is 10.1 Å². The topological polar surface area (TPSA) is 73.3 Å². The minimum absolute atomic E-state index is 0.0328. The fraction of sp³-hybridized carbons (Fsp3) is 0.125. The van der Waals surface area contributed by atoms with Gasteiger partial charge >= 0.3 is 0 Å². The summed E-state index contributed by atoms with van der Waals surface area (Å²) in [5, 5.41) is 11.0. The molecule has 3 aromatic rings. The maximum atomic E-state index is 11.0. The van der Waals surface area contributed by atoms with Crippen molar-refractivity contribution < 1.29 is 4.92 Å². The Bertz CT molecular complexity index is 867. The molecule has 3 rings (SSSR count). The van der Waals surface area contributed by atoms with Crippen LogP contribution >= 0.6 is 0 Å². The third-order valence-corrected chi connectivity index (χ3v) is 3.40. The third-order valence-electron chi connectivity index (χ3n) is 3.40. The summed E-state index contributed by atoms with van der Waals surface area (Å²) in [6.45, 7) is 2.74. The van der Waals surface area contributed by atoms with Crippen molar-refractivity contribution in [1.29, 1.82) is 0 Å². The number of hydrogen-bond donors (Lipinski definition) is 0. The molecule has 0 fully saturated rings. The minimum atomic E-state index is -0.413. The number of nitro benzene ring substituents is 1. The van der Waals surface area contributed by atoms with Gasteiger partial charge in [-0.05, 0) is 25.1 Å². The van der Waals surface area contributed by atoms with Crippen molar-refractivity contribution >= 4 is 28.9 Å². The van der Waals surface area contributed by atoms with Gasteiger partial charge in [-0.1, -0.05) is 24.3 Å². The van der Waals surface area contributed by atoms with Crippen LogP contribution < -0.4 is 0 Å². The number of rotatable bonds is 4. The average molecular weight is 294 g/mol. The fourth-order valence-corrected chi connectivity index (χ4v) is 2.36. The highest BCUT2D eigenvalue weighted by molar-refractivity contribution is 5.87. The molecule has 1 aromatic heterocycles. The number of aryl methyl sites for hydroxylation is 1. The van der Waals surface area contributed by atoms with Gasteiger partial charge in [-0.2, -0.15) is 0 Å². The monoisotopic (exact) mass is 294 g/mol. The van der Waals surface area contributed by atoms with Crippen molar-refractivity contribution in [3.05, 3.63) is 64.2 Å². The van der Waals surface area contributed by atoms with Gasteiger partial charge in [0, 0.05) is 18.8 Å². The molecule has 0 bridgehead atoms. The summed E-state index contributed by atoms with van der Waals surface area (Å²) in [5.74, 6) is 0.543. The highest BCUT2D eigenvalue weighted by Gasteiger charge is 2.11. The number of fused-ring (bicyclic) bond motifs is 1. The molecule has 0 saturated heterocycles. The van der Waals surface area contributed by atoms with E-state index in [9.17, 15) is 10.1 Å². The highest BCUT2D eigenvalue weighted by Crippen LogP contribution is 2.22. The maximum Gasteiger partial charge on any atom is 0.278 e. The van der Waals surface area contributed by atoms with Gasteiger partial charge in [-0.15, -0.1) is 0 Å². The maximum absolute atomic E-state index is 11.0. The lowest BCUT2D eigenvalue weighted by Crippen LogP contribution is -1.95. The first-order chi connectivity index (χ1) is 10.7. The van der Waals surface area contributed by atoms with Crippen LogP contribution in [-0.4, -0.2) is 20.7 Å². The normalized spacial score (nSPS) is 11.3. The molecule has 0 unspecified atom stereocenters. The van der Waals surface area contributed by atoms with Crippen LogP contribution in [0.2, 0.25) is 0 Å². The number of imidazole rings is 1. The molecule has 0 radical (unpaired) electrons. The zero-order chi connectivity index (χ0) is 15.5. The molecule has 0 saturated carbocycles. The number of para-hydroxylation sites is 3. The smallest absolute Gasteiger partial charge is 0.278 e. The lowest BCUT2D eigenvalue weighted by Gasteiger charge is -2.01. The van der Waals surface area contributed by atoms with Crippen molar-refractivity contribution in [3.63, 3.8) is 0 Å². The molecule has 0 amide bonds. The quantitative estimate of drug-likeness (QED) is 0.418. The number of aliphatic imine (C=N–C) groups is 1. The van der Waals surface area contributed by atoms with Crippen LogP contribution in [0.15, 0.2) is 53.5 Å². The van der Waals surface area contributed by atoms with E-state index in [1.807, 2.05) is 35.8 Å². The number of hydrogen-bond acceptors (Lipinski definition) is 4.